The highest BCUT2D eigenvalue weighted by Gasteiger charge is 2.13. The van der Waals surface area contributed by atoms with Crippen LogP contribution in [-0.4, -0.2) is 37.0 Å². The zero-order valence-electron chi connectivity index (χ0n) is 19.8. The van der Waals surface area contributed by atoms with Crippen LogP contribution in [0, 0.1) is 5.92 Å². The van der Waals surface area contributed by atoms with E-state index in [1.807, 2.05) is 51.1 Å². The van der Waals surface area contributed by atoms with E-state index < -0.39 is 11.9 Å². The fourth-order valence-electron chi connectivity index (χ4n) is 2.96. The Hall–Kier alpha value is -3.68. The highest BCUT2D eigenvalue weighted by molar-refractivity contribution is 5.93. The third-order valence-electron chi connectivity index (χ3n) is 4.78. The molecular weight excluding hydrogens is 436 g/mol. The van der Waals surface area contributed by atoms with E-state index in [-0.39, 0.29) is 49.6 Å². The second kappa shape index (κ2) is 13.8. The SMILES string of the molecule is CC(C)COC(=O)c1ccc(NC(=O)CCCC(=O)OCC(=O)N[C@H](C)c2ccccc2)cc1. The van der Waals surface area contributed by atoms with Crippen molar-refractivity contribution >= 4 is 29.4 Å². The molecule has 0 fully saturated rings. The van der Waals surface area contributed by atoms with E-state index in [9.17, 15) is 19.2 Å². The molecule has 0 aliphatic heterocycles. The van der Waals surface area contributed by atoms with E-state index in [4.69, 9.17) is 9.47 Å². The summed E-state index contributed by atoms with van der Waals surface area (Å²) in [6.45, 7) is 5.73. The highest BCUT2D eigenvalue weighted by atomic mass is 16.5. The number of hydrogen-bond donors (Lipinski definition) is 2. The Morgan fingerprint density at radius 2 is 1.50 bits per heavy atom. The van der Waals surface area contributed by atoms with Gasteiger partial charge >= 0.3 is 11.9 Å². The average Bonchev–Trinajstić information content (AvgIpc) is 2.82. The van der Waals surface area contributed by atoms with Gasteiger partial charge in [0.25, 0.3) is 5.91 Å². The molecular formula is C26H32N2O6. The second-order valence-corrected chi connectivity index (χ2v) is 8.33. The minimum Gasteiger partial charge on any atom is -0.462 e. The van der Waals surface area contributed by atoms with Crippen molar-refractivity contribution in [1.29, 1.82) is 0 Å². The maximum absolute atomic E-state index is 12.1. The Bertz CT molecular complexity index is 957. The second-order valence-electron chi connectivity index (χ2n) is 8.33. The molecule has 34 heavy (non-hydrogen) atoms. The number of amides is 2. The number of hydrogen-bond acceptors (Lipinski definition) is 6. The van der Waals surface area contributed by atoms with Gasteiger partial charge in [0.1, 0.15) is 0 Å². The molecule has 8 heteroatoms. The van der Waals surface area contributed by atoms with Gasteiger partial charge in [-0.1, -0.05) is 44.2 Å². The van der Waals surface area contributed by atoms with Gasteiger partial charge in [0.05, 0.1) is 18.2 Å². The molecule has 0 spiro atoms. The van der Waals surface area contributed by atoms with Crippen molar-refractivity contribution in [2.75, 3.05) is 18.5 Å². The summed E-state index contributed by atoms with van der Waals surface area (Å²) in [4.78, 5) is 47.8. The van der Waals surface area contributed by atoms with Crippen LogP contribution in [0.4, 0.5) is 5.69 Å². The molecule has 0 aromatic heterocycles. The molecule has 2 aromatic carbocycles. The van der Waals surface area contributed by atoms with Gasteiger partial charge in [-0.05, 0) is 49.1 Å². The van der Waals surface area contributed by atoms with Gasteiger partial charge in [-0.2, -0.15) is 0 Å². The van der Waals surface area contributed by atoms with Crippen LogP contribution in [0.15, 0.2) is 54.6 Å². The third-order valence-corrected chi connectivity index (χ3v) is 4.78. The summed E-state index contributed by atoms with van der Waals surface area (Å²) >= 11 is 0. The maximum atomic E-state index is 12.1. The summed E-state index contributed by atoms with van der Waals surface area (Å²) < 4.78 is 10.1. The predicted molar refractivity (Wildman–Crippen MR) is 128 cm³/mol. The minimum absolute atomic E-state index is 0.0234. The van der Waals surface area contributed by atoms with Gasteiger partial charge in [-0.25, -0.2) is 4.79 Å². The normalized spacial score (nSPS) is 11.4. The van der Waals surface area contributed by atoms with E-state index >= 15 is 0 Å². The van der Waals surface area contributed by atoms with Crippen LogP contribution >= 0.6 is 0 Å². The van der Waals surface area contributed by atoms with Crippen LogP contribution in [-0.2, 0) is 23.9 Å². The number of anilines is 1. The van der Waals surface area contributed by atoms with Crippen LogP contribution in [0.1, 0.15) is 62.0 Å². The zero-order chi connectivity index (χ0) is 24.9. The molecule has 0 bridgehead atoms. The van der Waals surface area contributed by atoms with Crippen LogP contribution < -0.4 is 10.6 Å². The van der Waals surface area contributed by atoms with Crippen molar-refractivity contribution in [2.24, 2.45) is 5.92 Å². The predicted octanol–water partition coefficient (Wildman–Crippen LogP) is 4.03. The van der Waals surface area contributed by atoms with Gasteiger partial charge in [-0.3, -0.25) is 14.4 Å². The first-order valence-electron chi connectivity index (χ1n) is 11.3. The first kappa shape index (κ1) is 26.6. The van der Waals surface area contributed by atoms with Gasteiger partial charge in [0.2, 0.25) is 5.91 Å². The van der Waals surface area contributed by atoms with Crippen LogP contribution in [0.2, 0.25) is 0 Å². The lowest BCUT2D eigenvalue weighted by Crippen LogP contribution is -2.31. The lowest BCUT2D eigenvalue weighted by Gasteiger charge is -2.14. The van der Waals surface area contributed by atoms with Gasteiger partial charge in [0.15, 0.2) is 6.61 Å². The summed E-state index contributed by atoms with van der Waals surface area (Å²) in [7, 11) is 0. The standard InChI is InChI=1S/C26H32N2O6/c1-18(2)16-34-26(32)21-12-14-22(15-13-21)28-23(29)10-7-11-25(31)33-17-24(30)27-19(3)20-8-5-4-6-9-20/h4-6,8-9,12-15,18-19H,7,10-11,16-17H2,1-3H3,(H,27,30)(H,28,29)/t19-/m1/s1. The fourth-order valence-corrected chi connectivity index (χ4v) is 2.96. The number of ether oxygens (including phenoxy) is 2. The highest BCUT2D eigenvalue weighted by Crippen LogP contribution is 2.13. The smallest absolute Gasteiger partial charge is 0.338 e. The summed E-state index contributed by atoms with van der Waals surface area (Å²) in [6, 6.07) is 15.7. The van der Waals surface area contributed by atoms with Gasteiger partial charge in [0, 0.05) is 18.5 Å². The topological polar surface area (TPSA) is 111 Å². The zero-order valence-corrected chi connectivity index (χ0v) is 19.8. The Labute approximate surface area is 200 Å². The summed E-state index contributed by atoms with van der Waals surface area (Å²) in [6.07, 6.45) is 0.423. The number of esters is 2. The quantitative estimate of drug-likeness (QED) is 0.455. The number of carbonyl (C=O) groups is 4. The van der Waals surface area contributed by atoms with Crippen molar-refractivity contribution in [2.45, 2.75) is 46.1 Å². The summed E-state index contributed by atoms with van der Waals surface area (Å²) in [5.74, 6) is -1.36. The fraction of sp³-hybridized carbons (Fsp3) is 0.385. The Balaban J connectivity index is 1.63. The Morgan fingerprint density at radius 1 is 0.824 bits per heavy atom. The van der Waals surface area contributed by atoms with E-state index in [2.05, 4.69) is 10.6 Å². The molecule has 1 atom stereocenters. The number of benzene rings is 2. The Kier molecular flexibility index (Phi) is 10.8. The van der Waals surface area contributed by atoms with E-state index in [1.54, 1.807) is 24.3 Å². The van der Waals surface area contributed by atoms with E-state index in [1.165, 1.54) is 0 Å². The molecule has 2 N–H and O–H groups in total. The molecule has 0 aliphatic rings. The molecule has 2 amide bonds. The van der Waals surface area contributed by atoms with Crippen molar-refractivity contribution in [1.82, 2.24) is 5.32 Å². The molecule has 2 rings (SSSR count). The third kappa shape index (κ3) is 9.85. The molecule has 0 saturated heterocycles. The molecule has 0 heterocycles. The monoisotopic (exact) mass is 468 g/mol. The first-order chi connectivity index (χ1) is 16.2. The maximum Gasteiger partial charge on any atom is 0.338 e. The molecule has 182 valence electrons. The van der Waals surface area contributed by atoms with Gasteiger partial charge in [-0.15, -0.1) is 0 Å². The molecule has 8 nitrogen and oxygen atoms in total. The summed E-state index contributed by atoms with van der Waals surface area (Å²) in [5, 5.41) is 5.48. The lowest BCUT2D eigenvalue weighted by atomic mass is 10.1. The minimum atomic E-state index is -0.542. The van der Waals surface area contributed by atoms with Crippen molar-refractivity contribution in [3.05, 3.63) is 65.7 Å². The number of carbonyl (C=O) groups excluding carboxylic acids is 4. The number of rotatable bonds is 12. The molecule has 0 saturated carbocycles. The molecule has 2 aromatic rings. The van der Waals surface area contributed by atoms with Crippen LogP contribution in [0.5, 0.6) is 0 Å². The first-order valence-corrected chi connectivity index (χ1v) is 11.3. The van der Waals surface area contributed by atoms with Crippen LogP contribution in [0.25, 0.3) is 0 Å². The molecule has 0 aliphatic carbocycles. The van der Waals surface area contributed by atoms with Crippen molar-refractivity contribution in [3.63, 3.8) is 0 Å². The Morgan fingerprint density at radius 3 is 2.15 bits per heavy atom. The lowest BCUT2D eigenvalue weighted by molar-refractivity contribution is -0.148. The van der Waals surface area contributed by atoms with E-state index in [0.717, 1.165) is 5.56 Å². The summed E-state index contributed by atoms with van der Waals surface area (Å²) in [5.41, 5.74) is 1.90. The van der Waals surface area contributed by atoms with Crippen molar-refractivity contribution in [3.8, 4) is 0 Å². The molecule has 0 unspecified atom stereocenters. The van der Waals surface area contributed by atoms with Crippen LogP contribution in [0.3, 0.4) is 0 Å². The van der Waals surface area contributed by atoms with E-state index in [0.29, 0.717) is 17.9 Å². The van der Waals surface area contributed by atoms with Crippen molar-refractivity contribution < 1.29 is 28.7 Å². The largest absolute Gasteiger partial charge is 0.462 e. The van der Waals surface area contributed by atoms with Gasteiger partial charge < -0.3 is 20.1 Å². The average molecular weight is 469 g/mol. The molecule has 0 radical (unpaired) electrons. The number of nitrogens with one attached hydrogen (secondary N) is 2.